The summed E-state index contributed by atoms with van der Waals surface area (Å²) in [5, 5.41) is -0.734. The summed E-state index contributed by atoms with van der Waals surface area (Å²) >= 11 is 5.82. The average Bonchev–Trinajstić information content (AvgIpc) is 3.62. The van der Waals surface area contributed by atoms with Gasteiger partial charge in [-0.05, 0) is 38.0 Å². The number of nitrogens with one attached hydrogen (secondary N) is 2. The Kier molecular flexibility index (Phi) is 8.46. The van der Waals surface area contributed by atoms with Crippen LogP contribution in [0.2, 0.25) is 5.02 Å². The van der Waals surface area contributed by atoms with Gasteiger partial charge in [0.05, 0.1) is 21.2 Å². The summed E-state index contributed by atoms with van der Waals surface area (Å²) < 4.78 is 55.3. The number of hydrazine groups is 1. The van der Waals surface area contributed by atoms with Crippen molar-refractivity contribution in [1.29, 1.82) is 0 Å². The van der Waals surface area contributed by atoms with Crippen LogP contribution in [0.4, 0.5) is 0 Å². The molecule has 190 valence electrons. The quantitative estimate of drug-likeness (QED) is 0.272. The van der Waals surface area contributed by atoms with Crippen LogP contribution in [0, 0.1) is 0 Å². The van der Waals surface area contributed by atoms with Crippen LogP contribution in [0.1, 0.15) is 42.1 Å². The minimum atomic E-state index is -3.85. The zero-order valence-electron chi connectivity index (χ0n) is 19.3. The first-order valence-electron chi connectivity index (χ1n) is 10.6. The molecule has 1 fully saturated rings. The highest BCUT2D eigenvalue weighted by molar-refractivity contribution is 7.92. The number of hydrogen-bond acceptors (Lipinski definition) is 9. The molecule has 1 heterocycles. The van der Waals surface area contributed by atoms with Crippen LogP contribution in [0.3, 0.4) is 0 Å². The van der Waals surface area contributed by atoms with E-state index in [-0.39, 0.29) is 28.2 Å². The molecular weight excluding hydrogens is 518 g/mol. The van der Waals surface area contributed by atoms with Crippen molar-refractivity contribution < 1.29 is 26.4 Å². The summed E-state index contributed by atoms with van der Waals surface area (Å²) in [6.45, 7) is 1.48. The number of nitrogens with zero attached hydrogens (tertiary/aromatic N) is 3. The summed E-state index contributed by atoms with van der Waals surface area (Å²) in [6.07, 6.45) is 4.41. The predicted molar refractivity (Wildman–Crippen MR) is 131 cm³/mol. The highest BCUT2D eigenvalue weighted by atomic mass is 35.5. The van der Waals surface area contributed by atoms with Gasteiger partial charge in [-0.1, -0.05) is 17.7 Å². The maximum atomic E-state index is 13.2. The lowest BCUT2D eigenvalue weighted by molar-refractivity contribution is 0.0941. The zero-order chi connectivity index (χ0) is 25.8. The first kappa shape index (κ1) is 27.0. The van der Waals surface area contributed by atoms with E-state index in [1.54, 1.807) is 0 Å². The number of benzene rings is 1. The summed E-state index contributed by atoms with van der Waals surface area (Å²) in [6, 6.07) is 5.46. The molecule has 1 saturated carbocycles. The van der Waals surface area contributed by atoms with Gasteiger partial charge in [0.25, 0.3) is 5.91 Å². The van der Waals surface area contributed by atoms with Gasteiger partial charge in [0, 0.05) is 31.3 Å². The first-order chi connectivity index (χ1) is 16.4. The van der Waals surface area contributed by atoms with E-state index < -0.39 is 42.7 Å². The number of rotatable bonds is 9. The third-order valence-electron chi connectivity index (χ3n) is 5.21. The summed E-state index contributed by atoms with van der Waals surface area (Å²) in [5.41, 5.74) is 5.08. The van der Waals surface area contributed by atoms with E-state index in [1.807, 2.05) is 0 Å². The smallest absolute Gasteiger partial charge is 0.269 e. The molecule has 2 atom stereocenters. The molecule has 0 saturated heterocycles. The van der Waals surface area contributed by atoms with Gasteiger partial charge in [-0.3, -0.25) is 20.6 Å². The van der Waals surface area contributed by atoms with Crippen molar-refractivity contribution in [3.63, 3.8) is 0 Å². The molecule has 1 aromatic carbocycles. The number of aliphatic imine (C=N–C) groups is 1. The first-order valence-corrected chi connectivity index (χ1v) is 14.5. The Hall–Kier alpha value is -2.61. The van der Waals surface area contributed by atoms with Crippen molar-refractivity contribution in [1.82, 2.24) is 20.8 Å². The maximum absolute atomic E-state index is 13.2. The SMILES string of the molecule is CO[C@H](c1ncc(Cl)cn1)[C@H](C)S(=O)(=O)CC(=NC1CC1)NNC(=O)c1cccc(S(C)(=O)=O)c1. The molecule has 35 heavy (non-hydrogen) atoms. The monoisotopic (exact) mass is 543 g/mol. The molecule has 3 rings (SSSR count). The van der Waals surface area contributed by atoms with Gasteiger partial charge in [-0.15, -0.1) is 0 Å². The Balaban J connectivity index is 1.74. The van der Waals surface area contributed by atoms with Crippen molar-refractivity contribution in [2.75, 3.05) is 19.1 Å². The van der Waals surface area contributed by atoms with Crippen LogP contribution in [-0.4, -0.2) is 69.0 Å². The second-order valence-corrected chi connectivity index (χ2v) is 12.9. The molecule has 0 radical (unpaired) electrons. The Morgan fingerprint density at radius 3 is 2.43 bits per heavy atom. The normalized spacial score (nSPS) is 16.4. The Morgan fingerprint density at radius 1 is 1.20 bits per heavy atom. The van der Waals surface area contributed by atoms with Gasteiger partial charge in [-0.25, -0.2) is 26.8 Å². The fraction of sp³-hybridized carbons (Fsp3) is 0.429. The number of aromatic nitrogens is 2. The topological polar surface area (TPSA) is 157 Å². The Bertz CT molecular complexity index is 1310. The van der Waals surface area contributed by atoms with Crippen molar-refractivity contribution in [3.8, 4) is 0 Å². The van der Waals surface area contributed by atoms with Gasteiger partial charge < -0.3 is 4.74 Å². The standard InChI is InChI=1S/C21H26ClN5O6S2/c1-13(19(33-2)20-23-10-15(22)11-24-20)35(31,32)12-18(25-16-7-8-16)26-27-21(28)14-5-4-6-17(9-14)34(3,29)30/h4-6,9-11,13,16,19H,7-8,12H2,1-3H3,(H,25,26)(H,27,28)/t13-,19-/m0/s1. The molecule has 0 bridgehead atoms. The number of hydrogen-bond donors (Lipinski definition) is 2. The van der Waals surface area contributed by atoms with E-state index >= 15 is 0 Å². The Labute approximate surface area is 209 Å². The predicted octanol–water partition coefficient (Wildman–Crippen LogP) is 1.52. The number of ether oxygens (including phenoxy) is 1. The van der Waals surface area contributed by atoms with Gasteiger partial charge in [0.2, 0.25) is 0 Å². The number of carbonyl (C=O) groups is 1. The summed E-state index contributed by atoms with van der Waals surface area (Å²) in [7, 11) is -5.99. The van der Waals surface area contributed by atoms with Gasteiger partial charge >= 0.3 is 0 Å². The van der Waals surface area contributed by atoms with Crippen LogP contribution < -0.4 is 10.9 Å². The lowest BCUT2D eigenvalue weighted by Gasteiger charge is -2.22. The van der Waals surface area contributed by atoms with E-state index in [9.17, 15) is 21.6 Å². The third kappa shape index (κ3) is 7.43. The molecule has 0 aliphatic heterocycles. The van der Waals surface area contributed by atoms with Crippen LogP contribution in [0.15, 0.2) is 46.5 Å². The van der Waals surface area contributed by atoms with Crippen LogP contribution in [-0.2, 0) is 24.4 Å². The van der Waals surface area contributed by atoms with E-state index in [0.29, 0.717) is 5.02 Å². The molecule has 11 nitrogen and oxygen atoms in total. The zero-order valence-corrected chi connectivity index (χ0v) is 21.7. The number of sulfone groups is 2. The van der Waals surface area contributed by atoms with E-state index in [0.717, 1.165) is 19.1 Å². The molecule has 1 aromatic heterocycles. The fourth-order valence-corrected chi connectivity index (χ4v) is 5.25. The number of carbonyl (C=O) groups excluding carboxylic acids is 1. The van der Waals surface area contributed by atoms with Gasteiger partial charge in [0.1, 0.15) is 17.7 Å². The van der Waals surface area contributed by atoms with Crippen LogP contribution >= 0.6 is 11.6 Å². The molecule has 1 amide bonds. The highest BCUT2D eigenvalue weighted by Crippen LogP contribution is 2.26. The van der Waals surface area contributed by atoms with E-state index in [4.69, 9.17) is 16.3 Å². The van der Waals surface area contributed by atoms with Crippen LogP contribution in [0.25, 0.3) is 0 Å². The molecule has 0 unspecified atom stereocenters. The van der Waals surface area contributed by atoms with E-state index in [2.05, 4.69) is 25.8 Å². The summed E-state index contributed by atoms with van der Waals surface area (Å²) in [4.78, 5) is 25.1. The number of methoxy groups -OCH3 is 1. The van der Waals surface area contributed by atoms with Crippen molar-refractivity contribution >= 4 is 43.0 Å². The molecule has 14 heteroatoms. The molecule has 1 aliphatic rings. The lowest BCUT2D eigenvalue weighted by Crippen LogP contribution is -2.46. The second-order valence-electron chi connectivity index (χ2n) is 8.11. The molecule has 0 spiro atoms. The second kappa shape index (κ2) is 11.0. The maximum Gasteiger partial charge on any atom is 0.269 e. The molecule has 1 aliphatic carbocycles. The molecular formula is C21H26ClN5O6S2. The third-order valence-corrected chi connectivity index (χ3v) is 8.57. The largest absolute Gasteiger partial charge is 0.372 e. The van der Waals surface area contributed by atoms with Gasteiger partial charge in [0.15, 0.2) is 25.5 Å². The minimum absolute atomic E-state index is 0.0107. The minimum Gasteiger partial charge on any atom is -0.372 e. The molecule has 2 N–H and O–H groups in total. The molecule has 2 aromatic rings. The highest BCUT2D eigenvalue weighted by Gasteiger charge is 2.34. The van der Waals surface area contributed by atoms with E-state index in [1.165, 1.54) is 50.7 Å². The fourth-order valence-electron chi connectivity index (χ4n) is 3.09. The Morgan fingerprint density at radius 2 is 1.86 bits per heavy atom. The number of halogens is 1. The van der Waals surface area contributed by atoms with Gasteiger partial charge in [-0.2, -0.15) is 0 Å². The number of amidine groups is 1. The van der Waals surface area contributed by atoms with Crippen molar-refractivity contribution in [2.45, 2.75) is 42.1 Å². The lowest BCUT2D eigenvalue weighted by atomic mass is 10.2. The van der Waals surface area contributed by atoms with Crippen LogP contribution in [0.5, 0.6) is 0 Å². The summed E-state index contributed by atoms with van der Waals surface area (Å²) in [5.74, 6) is -0.921. The number of amides is 1. The average molecular weight is 544 g/mol. The van der Waals surface area contributed by atoms with Crippen molar-refractivity contribution in [2.24, 2.45) is 4.99 Å². The van der Waals surface area contributed by atoms with Crippen molar-refractivity contribution in [3.05, 3.63) is 53.1 Å².